The van der Waals surface area contributed by atoms with Gasteiger partial charge in [0.15, 0.2) is 11.5 Å². The number of methoxy groups -OCH3 is 2. The molecule has 168 valence electrons. The highest BCUT2D eigenvalue weighted by Gasteiger charge is 2.20. The number of hydrogen-bond donors (Lipinski definition) is 2. The number of nitrogens with zero attached hydrogens (tertiary/aromatic N) is 2. The van der Waals surface area contributed by atoms with Gasteiger partial charge in [0.1, 0.15) is 0 Å². The highest BCUT2D eigenvalue weighted by atomic mass is 16.5. The number of piperazine rings is 1. The first-order chi connectivity index (χ1) is 15.2. The molecule has 6 nitrogen and oxygen atoms in total. The zero-order valence-corrected chi connectivity index (χ0v) is 18.8. The zero-order valence-electron chi connectivity index (χ0n) is 18.8. The van der Waals surface area contributed by atoms with Gasteiger partial charge in [-0.05, 0) is 68.0 Å². The Kier molecular flexibility index (Phi) is 7.07. The summed E-state index contributed by atoms with van der Waals surface area (Å²) in [5.74, 6) is 2.30. The summed E-state index contributed by atoms with van der Waals surface area (Å²) in [6.45, 7) is 5.03. The molecule has 0 spiro atoms. The average Bonchev–Trinajstić information content (AvgIpc) is 2.83. The largest absolute Gasteiger partial charge is 0.493 e. The van der Waals surface area contributed by atoms with Crippen molar-refractivity contribution in [1.82, 2.24) is 0 Å². The molecule has 3 N–H and O–H groups in total. The third-order valence-electron chi connectivity index (χ3n) is 6.73. The first kappa shape index (κ1) is 21.6. The van der Waals surface area contributed by atoms with E-state index in [1.165, 1.54) is 42.7 Å². The van der Waals surface area contributed by atoms with Crippen LogP contribution in [-0.2, 0) is 0 Å². The van der Waals surface area contributed by atoms with Gasteiger partial charge >= 0.3 is 0 Å². The van der Waals surface area contributed by atoms with Gasteiger partial charge in [-0.15, -0.1) is 0 Å². The van der Waals surface area contributed by atoms with Gasteiger partial charge in [-0.1, -0.05) is 0 Å². The standard InChI is InChI=1S/C25H36N4O2/c1-30-24-12-11-23(17-25(24)31-2)29-15-13-28(14-16-29)22-9-7-21(8-10-22)27-18-19-3-5-20(26)6-4-19/h7-12,17,19-20,27H,3-6,13-16,18,26H2,1-2H3/t19-,20-. The van der Waals surface area contributed by atoms with Gasteiger partial charge in [0, 0.05) is 61.9 Å². The van der Waals surface area contributed by atoms with Crippen molar-refractivity contribution in [2.45, 2.75) is 31.7 Å². The van der Waals surface area contributed by atoms with E-state index in [0.29, 0.717) is 6.04 Å². The lowest BCUT2D eigenvalue weighted by Crippen LogP contribution is -2.46. The van der Waals surface area contributed by atoms with Crippen LogP contribution in [0.2, 0.25) is 0 Å². The Morgan fingerprint density at radius 2 is 1.39 bits per heavy atom. The van der Waals surface area contributed by atoms with Crippen LogP contribution in [0.1, 0.15) is 25.7 Å². The van der Waals surface area contributed by atoms with Crippen molar-refractivity contribution < 1.29 is 9.47 Å². The molecule has 2 aliphatic rings. The van der Waals surface area contributed by atoms with Crippen LogP contribution in [0.25, 0.3) is 0 Å². The maximum Gasteiger partial charge on any atom is 0.162 e. The van der Waals surface area contributed by atoms with Gasteiger partial charge in [-0.25, -0.2) is 0 Å². The Balaban J connectivity index is 1.28. The Hall–Kier alpha value is -2.60. The fraction of sp³-hybridized carbons (Fsp3) is 0.520. The summed E-state index contributed by atoms with van der Waals surface area (Å²) < 4.78 is 10.8. The number of ether oxygens (including phenoxy) is 2. The number of nitrogens with one attached hydrogen (secondary N) is 1. The van der Waals surface area contributed by atoms with Crippen molar-refractivity contribution in [2.24, 2.45) is 11.7 Å². The minimum atomic E-state index is 0.419. The third-order valence-corrected chi connectivity index (χ3v) is 6.73. The lowest BCUT2D eigenvalue weighted by Gasteiger charge is -2.37. The number of rotatable bonds is 7. The van der Waals surface area contributed by atoms with Crippen LogP contribution in [0.15, 0.2) is 42.5 Å². The maximum atomic E-state index is 6.02. The molecule has 1 heterocycles. The summed E-state index contributed by atoms with van der Waals surface area (Å²) in [7, 11) is 3.35. The highest BCUT2D eigenvalue weighted by molar-refractivity contribution is 5.59. The molecule has 0 unspecified atom stereocenters. The van der Waals surface area contributed by atoms with Crippen molar-refractivity contribution in [3.8, 4) is 11.5 Å². The molecule has 4 rings (SSSR count). The normalized spacial score (nSPS) is 21.6. The molecule has 0 radical (unpaired) electrons. The van der Waals surface area contributed by atoms with Crippen molar-refractivity contribution >= 4 is 17.1 Å². The summed E-state index contributed by atoms with van der Waals surface area (Å²) in [5.41, 5.74) is 9.70. The SMILES string of the molecule is COc1ccc(N2CCN(c3ccc(NC[C@H]4CC[C@H](N)CC4)cc3)CC2)cc1OC. The molecular formula is C25H36N4O2. The van der Waals surface area contributed by atoms with E-state index in [2.05, 4.69) is 51.5 Å². The highest BCUT2D eigenvalue weighted by Crippen LogP contribution is 2.32. The van der Waals surface area contributed by atoms with E-state index in [9.17, 15) is 0 Å². The van der Waals surface area contributed by atoms with Gasteiger partial charge in [-0.2, -0.15) is 0 Å². The topological polar surface area (TPSA) is 63.0 Å². The summed E-state index contributed by atoms with van der Waals surface area (Å²) in [6, 6.07) is 15.5. The van der Waals surface area contributed by atoms with Crippen LogP contribution in [0.5, 0.6) is 11.5 Å². The van der Waals surface area contributed by atoms with Gasteiger partial charge in [0.2, 0.25) is 0 Å². The van der Waals surface area contributed by atoms with E-state index in [4.69, 9.17) is 15.2 Å². The molecule has 1 saturated heterocycles. The molecule has 2 aromatic carbocycles. The molecule has 0 aromatic heterocycles. The van der Waals surface area contributed by atoms with Gasteiger partial charge in [0.05, 0.1) is 14.2 Å². The van der Waals surface area contributed by atoms with E-state index in [1.807, 2.05) is 6.07 Å². The minimum absolute atomic E-state index is 0.419. The number of benzene rings is 2. The van der Waals surface area contributed by atoms with E-state index in [-0.39, 0.29) is 0 Å². The van der Waals surface area contributed by atoms with Crippen molar-refractivity contribution in [3.63, 3.8) is 0 Å². The van der Waals surface area contributed by atoms with Crippen LogP contribution >= 0.6 is 0 Å². The second-order valence-corrected chi connectivity index (χ2v) is 8.72. The summed E-state index contributed by atoms with van der Waals surface area (Å²) in [6.07, 6.45) is 4.83. The second kappa shape index (κ2) is 10.1. The monoisotopic (exact) mass is 424 g/mol. The van der Waals surface area contributed by atoms with Crippen LogP contribution in [0.4, 0.5) is 17.1 Å². The minimum Gasteiger partial charge on any atom is -0.493 e. The lowest BCUT2D eigenvalue weighted by atomic mass is 9.86. The van der Waals surface area contributed by atoms with E-state index in [1.54, 1.807) is 14.2 Å². The van der Waals surface area contributed by atoms with E-state index in [0.717, 1.165) is 50.1 Å². The summed E-state index contributed by atoms with van der Waals surface area (Å²) >= 11 is 0. The van der Waals surface area contributed by atoms with Gasteiger partial charge < -0.3 is 30.3 Å². The molecule has 2 fully saturated rings. The summed E-state index contributed by atoms with van der Waals surface area (Å²) in [4.78, 5) is 4.87. The molecule has 6 heteroatoms. The Bertz CT molecular complexity index is 826. The molecule has 1 aliphatic carbocycles. The van der Waals surface area contributed by atoms with E-state index < -0.39 is 0 Å². The lowest BCUT2D eigenvalue weighted by molar-refractivity contribution is 0.339. The quantitative estimate of drug-likeness (QED) is 0.702. The molecule has 0 amide bonds. The Morgan fingerprint density at radius 1 is 0.806 bits per heavy atom. The van der Waals surface area contributed by atoms with Crippen LogP contribution < -0.4 is 30.3 Å². The molecule has 0 bridgehead atoms. The Labute approximate surface area is 186 Å². The average molecular weight is 425 g/mol. The first-order valence-corrected chi connectivity index (χ1v) is 11.5. The first-order valence-electron chi connectivity index (χ1n) is 11.5. The fourth-order valence-electron chi connectivity index (χ4n) is 4.69. The molecule has 1 saturated carbocycles. The number of nitrogens with two attached hydrogens (primary N) is 1. The number of anilines is 3. The van der Waals surface area contributed by atoms with Crippen LogP contribution in [0.3, 0.4) is 0 Å². The molecule has 2 aromatic rings. The van der Waals surface area contributed by atoms with Gasteiger partial charge in [0.25, 0.3) is 0 Å². The Morgan fingerprint density at radius 3 is 2.00 bits per heavy atom. The predicted octanol–water partition coefficient (Wildman–Crippen LogP) is 3.96. The number of hydrogen-bond acceptors (Lipinski definition) is 6. The van der Waals surface area contributed by atoms with Crippen LogP contribution in [-0.4, -0.2) is 53.0 Å². The maximum absolute atomic E-state index is 6.02. The van der Waals surface area contributed by atoms with Crippen molar-refractivity contribution in [1.29, 1.82) is 0 Å². The predicted molar refractivity (Wildman–Crippen MR) is 129 cm³/mol. The summed E-state index contributed by atoms with van der Waals surface area (Å²) in [5, 5.41) is 3.62. The molecule has 0 atom stereocenters. The van der Waals surface area contributed by atoms with Gasteiger partial charge in [-0.3, -0.25) is 0 Å². The molecule has 31 heavy (non-hydrogen) atoms. The smallest absolute Gasteiger partial charge is 0.162 e. The third kappa shape index (κ3) is 5.37. The van der Waals surface area contributed by atoms with Crippen molar-refractivity contribution in [3.05, 3.63) is 42.5 Å². The second-order valence-electron chi connectivity index (χ2n) is 8.72. The zero-order chi connectivity index (χ0) is 21.6. The fourth-order valence-corrected chi connectivity index (χ4v) is 4.69. The van der Waals surface area contributed by atoms with Crippen LogP contribution in [0, 0.1) is 5.92 Å². The molecule has 1 aliphatic heterocycles. The molecular weight excluding hydrogens is 388 g/mol. The van der Waals surface area contributed by atoms with Crippen molar-refractivity contribution in [2.75, 3.05) is 62.1 Å². The van der Waals surface area contributed by atoms with E-state index >= 15 is 0 Å².